The van der Waals surface area contributed by atoms with Gasteiger partial charge in [0, 0.05) is 19.6 Å². The highest BCUT2D eigenvalue weighted by molar-refractivity contribution is 5.78. The standard InChI is InChI=1S/C16H18F3NO5/c17-16(18,19)25-12-3-1-11(2-4-12)13(8-15(22)23)20-14(21)7-10-5-6-24-9-10/h1-4,10,13H,5-9H2,(H,20,21)(H,22,23)/t10-,13+/m1/s1. The summed E-state index contributed by atoms with van der Waals surface area (Å²) in [4.78, 5) is 23.1. The molecule has 2 N–H and O–H groups in total. The summed E-state index contributed by atoms with van der Waals surface area (Å²) in [5, 5.41) is 11.6. The third-order valence-electron chi connectivity index (χ3n) is 3.73. The summed E-state index contributed by atoms with van der Waals surface area (Å²) in [6, 6.07) is 3.91. The molecule has 6 nitrogen and oxygen atoms in total. The van der Waals surface area contributed by atoms with Crippen molar-refractivity contribution in [1.29, 1.82) is 0 Å². The van der Waals surface area contributed by atoms with Crippen molar-refractivity contribution in [3.8, 4) is 5.75 Å². The average molecular weight is 361 g/mol. The zero-order valence-electron chi connectivity index (χ0n) is 13.2. The minimum absolute atomic E-state index is 0.0908. The molecule has 2 atom stereocenters. The molecule has 0 bridgehead atoms. The predicted molar refractivity (Wildman–Crippen MR) is 79.8 cm³/mol. The fourth-order valence-corrected chi connectivity index (χ4v) is 2.59. The average Bonchev–Trinajstić information content (AvgIpc) is 2.98. The molecule has 0 aromatic heterocycles. The highest BCUT2D eigenvalue weighted by Crippen LogP contribution is 2.26. The van der Waals surface area contributed by atoms with Crippen LogP contribution < -0.4 is 10.1 Å². The topological polar surface area (TPSA) is 84.9 Å². The molecule has 0 aliphatic carbocycles. The Morgan fingerprint density at radius 2 is 2.00 bits per heavy atom. The number of carboxylic acid groups (broad SMARTS) is 1. The lowest BCUT2D eigenvalue weighted by Gasteiger charge is -2.19. The van der Waals surface area contributed by atoms with E-state index in [1.165, 1.54) is 12.1 Å². The number of amides is 1. The van der Waals surface area contributed by atoms with Crippen molar-refractivity contribution in [1.82, 2.24) is 5.32 Å². The van der Waals surface area contributed by atoms with Gasteiger partial charge in [-0.1, -0.05) is 12.1 Å². The molecule has 25 heavy (non-hydrogen) atoms. The van der Waals surface area contributed by atoms with Gasteiger partial charge in [-0.25, -0.2) is 0 Å². The molecule has 0 unspecified atom stereocenters. The van der Waals surface area contributed by atoms with Crippen molar-refractivity contribution in [3.05, 3.63) is 29.8 Å². The maximum atomic E-state index is 12.2. The van der Waals surface area contributed by atoms with Gasteiger partial charge in [0.25, 0.3) is 0 Å². The van der Waals surface area contributed by atoms with E-state index in [0.717, 1.165) is 18.6 Å². The summed E-state index contributed by atoms with van der Waals surface area (Å²) < 4.78 is 45.5. The number of hydrogen-bond acceptors (Lipinski definition) is 4. The first-order valence-corrected chi connectivity index (χ1v) is 7.67. The van der Waals surface area contributed by atoms with Crippen LogP contribution in [0.4, 0.5) is 13.2 Å². The molecule has 1 amide bonds. The van der Waals surface area contributed by atoms with Crippen LogP contribution in [0.3, 0.4) is 0 Å². The predicted octanol–water partition coefficient (Wildman–Crippen LogP) is 2.64. The van der Waals surface area contributed by atoms with Crippen LogP contribution in [0.5, 0.6) is 5.75 Å². The number of benzene rings is 1. The Hall–Kier alpha value is -2.29. The Kier molecular flexibility index (Phi) is 6.24. The van der Waals surface area contributed by atoms with Gasteiger partial charge in [-0.3, -0.25) is 9.59 Å². The highest BCUT2D eigenvalue weighted by atomic mass is 19.4. The lowest BCUT2D eigenvalue weighted by molar-refractivity contribution is -0.274. The molecule has 1 fully saturated rings. The summed E-state index contributed by atoms with van der Waals surface area (Å²) in [6.07, 6.45) is -4.21. The van der Waals surface area contributed by atoms with Crippen molar-refractivity contribution >= 4 is 11.9 Å². The van der Waals surface area contributed by atoms with Gasteiger partial charge in [0.2, 0.25) is 5.91 Å². The molecule has 138 valence electrons. The number of carbonyl (C=O) groups excluding carboxylic acids is 1. The summed E-state index contributed by atoms with van der Waals surface area (Å²) in [7, 11) is 0. The Balaban J connectivity index is 2.02. The molecule has 1 heterocycles. The lowest BCUT2D eigenvalue weighted by Crippen LogP contribution is -2.31. The number of ether oxygens (including phenoxy) is 2. The fraction of sp³-hybridized carbons (Fsp3) is 0.500. The van der Waals surface area contributed by atoms with E-state index in [-0.39, 0.29) is 24.7 Å². The zero-order chi connectivity index (χ0) is 18.4. The second-order valence-corrected chi connectivity index (χ2v) is 5.77. The Bertz CT molecular complexity index is 597. The van der Waals surface area contributed by atoms with E-state index in [4.69, 9.17) is 9.84 Å². The molecule has 1 aromatic carbocycles. The molecule has 2 rings (SSSR count). The van der Waals surface area contributed by atoms with Gasteiger partial charge in [-0.2, -0.15) is 0 Å². The van der Waals surface area contributed by atoms with Gasteiger partial charge in [-0.05, 0) is 30.0 Å². The van der Waals surface area contributed by atoms with Gasteiger partial charge < -0.3 is 19.9 Å². The van der Waals surface area contributed by atoms with Gasteiger partial charge in [0.05, 0.1) is 12.5 Å². The van der Waals surface area contributed by atoms with Crippen LogP contribution in [0.15, 0.2) is 24.3 Å². The van der Waals surface area contributed by atoms with Crippen molar-refractivity contribution < 1.29 is 37.3 Å². The van der Waals surface area contributed by atoms with Crippen molar-refractivity contribution in [2.24, 2.45) is 5.92 Å². The lowest BCUT2D eigenvalue weighted by atomic mass is 10.0. The number of carbonyl (C=O) groups is 2. The van der Waals surface area contributed by atoms with E-state index in [1.807, 2.05) is 0 Å². The van der Waals surface area contributed by atoms with Crippen LogP contribution in [-0.4, -0.2) is 36.6 Å². The Morgan fingerprint density at radius 3 is 2.52 bits per heavy atom. The number of carboxylic acids is 1. The molecule has 9 heteroatoms. The monoisotopic (exact) mass is 361 g/mol. The molecule has 0 saturated carbocycles. The van der Waals surface area contributed by atoms with Crippen LogP contribution >= 0.6 is 0 Å². The summed E-state index contributed by atoms with van der Waals surface area (Å²) in [5.41, 5.74) is 0.382. The van der Waals surface area contributed by atoms with E-state index in [2.05, 4.69) is 10.1 Å². The highest BCUT2D eigenvalue weighted by Gasteiger charge is 2.31. The van der Waals surface area contributed by atoms with Crippen LogP contribution in [0.1, 0.15) is 30.9 Å². The van der Waals surface area contributed by atoms with Gasteiger partial charge in [0.1, 0.15) is 5.75 Å². The Morgan fingerprint density at radius 1 is 1.32 bits per heavy atom. The number of halogens is 3. The SMILES string of the molecule is O=C(O)C[C@H](NC(=O)C[C@H]1CCOC1)c1ccc(OC(F)(F)F)cc1. The van der Waals surface area contributed by atoms with Gasteiger partial charge in [0.15, 0.2) is 0 Å². The summed E-state index contributed by atoms with van der Waals surface area (Å²) >= 11 is 0. The van der Waals surface area contributed by atoms with E-state index in [9.17, 15) is 22.8 Å². The third kappa shape index (κ3) is 6.61. The fourth-order valence-electron chi connectivity index (χ4n) is 2.59. The largest absolute Gasteiger partial charge is 0.573 e. The summed E-state index contributed by atoms with van der Waals surface area (Å²) in [6.45, 7) is 1.08. The number of hydrogen-bond donors (Lipinski definition) is 2. The summed E-state index contributed by atoms with van der Waals surface area (Å²) in [5.74, 6) is -1.78. The number of alkyl halides is 3. The van der Waals surface area contributed by atoms with Crippen LogP contribution in [0.25, 0.3) is 0 Å². The smallest absolute Gasteiger partial charge is 0.481 e. The van der Waals surface area contributed by atoms with Gasteiger partial charge in [-0.15, -0.1) is 13.2 Å². The van der Waals surface area contributed by atoms with E-state index in [0.29, 0.717) is 18.8 Å². The minimum atomic E-state index is -4.81. The maximum absolute atomic E-state index is 12.2. The zero-order valence-corrected chi connectivity index (χ0v) is 13.2. The van der Waals surface area contributed by atoms with Crippen LogP contribution in [0, 0.1) is 5.92 Å². The second kappa shape index (κ2) is 8.19. The third-order valence-corrected chi connectivity index (χ3v) is 3.73. The molecule has 0 radical (unpaired) electrons. The molecule has 1 aromatic rings. The van der Waals surface area contributed by atoms with Crippen molar-refractivity contribution in [2.45, 2.75) is 31.7 Å². The molecule has 1 saturated heterocycles. The Labute approximate surface area is 141 Å². The van der Waals surface area contributed by atoms with Gasteiger partial charge >= 0.3 is 12.3 Å². The van der Waals surface area contributed by atoms with E-state index >= 15 is 0 Å². The second-order valence-electron chi connectivity index (χ2n) is 5.77. The number of aliphatic carboxylic acids is 1. The first-order chi connectivity index (χ1) is 11.7. The van der Waals surface area contributed by atoms with Crippen molar-refractivity contribution in [2.75, 3.05) is 13.2 Å². The van der Waals surface area contributed by atoms with Crippen LogP contribution in [-0.2, 0) is 14.3 Å². The van der Waals surface area contributed by atoms with Crippen molar-refractivity contribution in [3.63, 3.8) is 0 Å². The molecular formula is C16H18F3NO5. The first kappa shape index (κ1) is 19.0. The first-order valence-electron chi connectivity index (χ1n) is 7.67. The minimum Gasteiger partial charge on any atom is -0.481 e. The van der Waals surface area contributed by atoms with Crippen LogP contribution in [0.2, 0.25) is 0 Å². The van der Waals surface area contributed by atoms with E-state index in [1.54, 1.807) is 0 Å². The number of nitrogens with one attached hydrogen (secondary N) is 1. The van der Waals surface area contributed by atoms with E-state index < -0.39 is 24.1 Å². The molecular weight excluding hydrogens is 343 g/mol. The normalized spacial score (nSPS) is 18.6. The number of rotatable bonds is 7. The molecule has 0 spiro atoms. The quantitative estimate of drug-likeness (QED) is 0.780. The molecule has 1 aliphatic heterocycles. The maximum Gasteiger partial charge on any atom is 0.573 e. The molecule has 1 aliphatic rings.